The second kappa shape index (κ2) is 10.6. The van der Waals surface area contributed by atoms with Gasteiger partial charge < -0.3 is 15.5 Å². The predicted octanol–water partition coefficient (Wildman–Crippen LogP) is 4.20. The van der Waals surface area contributed by atoms with Gasteiger partial charge in [-0.2, -0.15) is 9.78 Å². The summed E-state index contributed by atoms with van der Waals surface area (Å²) in [7, 11) is 0. The minimum absolute atomic E-state index is 0.0438. The van der Waals surface area contributed by atoms with Crippen LogP contribution in [-0.2, 0) is 0 Å². The number of hydrogen-bond donors (Lipinski definition) is 2. The lowest BCUT2D eigenvalue weighted by atomic mass is 9.97. The van der Waals surface area contributed by atoms with Gasteiger partial charge in [0.05, 0.1) is 11.1 Å². The van der Waals surface area contributed by atoms with Crippen molar-refractivity contribution < 1.29 is 14.0 Å². The molecule has 1 aliphatic rings. The Labute approximate surface area is 212 Å². The molecule has 1 fully saturated rings. The third-order valence-corrected chi connectivity index (χ3v) is 6.45. The van der Waals surface area contributed by atoms with Crippen LogP contribution >= 0.6 is 0 Å². The molecule has 8 nitrogen and oxygen atoms in total. The van der Waals surface area contributed by atoms with Gasteiger partial charge in [-0.25, -0.2) is 9.18 Å². The topological polar surface area (TPSA) is 96.3 Å². The van der Waals surface area contributed by atoms with Crippen LogP contribution in [0.5, 0.6) is 0 Å². The Morgan fingerprint density at radius 3 is 2.51 bits per heavy atom. The zero-order valence-electron chi connectivity index (χ0n) is 20.1. The number of carbonyl (C=O) groups excluding carboxylic acids is 2. The molecule has 1 saturated heterocycles. The van der Waals surface area contributed by atoms with Crippen molar-refractivity contribution in [3.63, 3.8) is 0 Å². The van der Waals surface area contributed by atoms with E-state index in [-0.39, 0.29) is 23.1 Å². The summed E-state index contributed by atoms with van der Waals surface area (Å²) in [6.45, 7) is 1.37. The van der Waals surface area contributed by atoms with Crippen LogP contribution in [0.4, 0.5) is 14.9 Å². The van der Waals surface area contributed by atoms with E-state index in [1.807, 2.05) is 18.2 Å². The fourth-order valence-electron chi connectivity index (χ4n) is 4.64. The molecule has 37 heavy (non-hydrogen) atoms. The quantitative estimate of drug-likeness (QED) is 0.430. The molecule has 188 valence electrons. The van der Waals surface area contributed by atoms with Gasteiger partial charge in [0, 0.05) is 30.7 Å². The molecular formula is C28H26FN5O3. The summed E-state index contributed by atoms with van der Waals surface area (Å²) in [6.07, 6.45) is 1.63. The fraction of sp³-hybridized carbons (Fsp3) is 0.214. The molecule has 5 rings (SSSR count). The van der Waals surface area contributed by atoms with E-state index in [1.54, 1.807) is 47.4 Å². The summed E-state index contributed by atoms with van der Waals surface area (Å²) in [5, 5.41) is 10.9. The number of para-hydroxylation sites is 1. The van der Waals surface area contributed by atoms with E-state index in [0.717, 1.165) is 12.8 Å². The SMILES string of the molecule is O=C(NC[C@@H]1CCCN(C(=O)c2nn(-c3ccccc3)c(=O)c3ccccc23)C1)Nc1cccc(F)c1. The molecule has 1 atom stereocenters. The molecule has 1 aromatic heterocycles. The molecular weight excluding hydrogens is 473 g/mol. The molecule has 4 aromatic rings. The summed E-state index contributed by atoms with van der Waals surface area (Å²) < 4.78 is 14.6. The lowest BCUT2D eigenvalue weighted by Crippen LogP contribution is -2.45. The molecule has 0 radical (unpaired) electrons. The number of halogens is 1. The first kappa shape index (κ1) is 24.2. The molecule has 0 bridgehead atoms. The minimum Gasteiger partial charge on any atom is -0.338 e. The summed E-state index contributed by atoms with van der Waals surface area (Å²) in [5.41, 5.74) is 0.877. The second-order valence-corrected chi connectivity index (χ2v) is 9.05. The van der Waals surface area contributed by atoms with Crippen LogP contribution in [0.15, 0.2) is 83.7 Å². The third-order valence-electron chi connectivity index (χ3n) is 6.45. The lowest BCUT2D eigenvalue weighted by molar-refractivity contribution is 0.0669. The number of aromatic nitrogens is 2. The summed E-state index contributed by atoms with van der Waals surface area (Å²) in [5.74, 6) is -0.643. The maximum absolute atomic E-state index is 13.7. The van der Waals surface area contributed by atoms with Crippen LogP contribution in [-0.4, -0.2) is 46.3 Å². The number of urea groups is 1. The van der Waals surface area contributed by atoms with Crippen molar-refractivity contribution in [3.8, 4) is 5.69 Å². The number of fused-ring (bicyclic) bond motifs is 1. The number of nitrogens with one attached hydrogen (secondary N) is 2. The van der Waals surface area contributed by atoms with Gasteiger partial charge in [-0.3, -0.25) is 9.59 Å². The normalized spacial score (nSPS) is 15.4. The van der Waals surface area contributed by atoms with Gasteiger partial charge in [0.2, 0.25) is 0 Å². The van der Waals surface area contributed by atoms with E-state index in [0.29, 0.717) is 41.8 Å². The van der Waals surface area contributed by atoms with Crippen molar-refractivity contribution in [2.45, 2.75) is 12.8 Å². The Morgan fingerprint density at radius 1 is 0.973 bits per heavy atom. The first-order chi connectivity index (χ1) is 18.0. The molecule has 2 heterocycles. The number of carbonyl (C=O) groups is 2. The van der Waals surface area contributed by atoms with E-state index in [4.69, 9.17) is 0 Å². The molecule has 3 aromatic carbocycles. The maximum Gasteiger partial charge on any atom is 0.319 e. The first-order valence-corrected chi connectivity index (χ1v) is 12.2. The highest BCUT2D eigenvalue weighted by atomic mass is 19.1. The molecule has 0 spiro atoms. The van der Waals surface area contributed by atoms with Gasteiger partial charge in [-0.1, -0.05) is 42.5 Å². The Bertz CT molecular complexity index is 1500. The molecule has 0 aliphatic carbocycles. The van der Waals surface area contributed by atoms with E-state index >= 15 is 0 Å². The minimum atomic E-state index is -0.434. The zero-order valence-corrected chi connectivity index (χ0v) is 20.1. The van der Waals surface area contributed by atoms with Crippen LogP contribution in [0.3, 0.4) is 0 Å². The molecule has 2 N–H and O–H groups in total. The highest BCUT2D eigenvalue weighted by molar-refractivity contribution is 6.05. The van der Waals surface area contributed by atoms with Crippen molar-refractivity contribution in [1.82, 2.24) is 20.0 Å². The Balaban J connectivity index is 1.33. The van der Waals surface area contributed by atoms with Crippen LogP contribution < -0.4 is 16.2 Å². The largest absolute Gasteiger partial charge is 0.338 e. The van der Waals surface area contributed by atoms with Crippen LogP contribution in [0.1, 0.15) is 23.3 Å². The van der Waals surface area contributed by atoms with Gasteiger partial charge in [0.1, 0.15) is 5.82 Å². The number of amides is 3. The number of benzene rings is 3. The molecule has 9 heteroatoms. The van der Waals surface area contributed by atoms with Crippen LogP contribution in [0.2, 0.25) is 0 Å². The average Bonchev–Trinajstić information content (AvgIpc) is 2.93. The highest BCUT2D eigenvalue weighted by Gasteiger charge is 2.28. The van der Waals surface area contributed by atoms with Gasteiger partial charge in [-0.15, -0.1) is 0 Å². The van der Waals surface area contributed by atoms with E-state index in [1.165, 1.54) is 22.9 Å². The van der Waals surface area contributed by atoms with Crippen molar-refractivity contribution >= 4 is 28.4 Å². The number of rotatable bonds is 5. The second-order valence-electron chi connectivity index (χ2n) is 9.05. The van der Waals surface area contributed by atoms with Gasteiger partial charge >= 0.3 is 6.03 Å². The maximum atomic E-state index is 13.7. The molecule has 3 amide bonds. The molecule has 0 saturated carbocycles. The number of likely N-dealkylation sites (tertiary alicyclic amines) is 1. The Morgan fingerprint density at radius 2 is 1.73 bits per heavy atom. The predicted molar refractivity (Wildman–Crippen MR) is 139 cm³/mol. The van der Waals surface area contributed by atoms with Crippen molar-refractivity contribution in [2.75, 3.05) is 25.0 Å². The monoisotopic (exact) mass is 499 g/mol. The zero-order chi connectivity index (χ0) is 25.8. The highest BCUT2D eigenvalue weighted by Crippen LogP contribution is 2.21. The first-order valence-electron chi connectivity index (χ1n) is 12.2. The van der Waals surface area contributed by atoms with Crippen LogP contribution in [0, 0.1) is 11.7 Å². The van der Waals surface area contributed by atoms with Gasteiger partial charge in [0.15, 0.2) is 5.69 Å². The van der Waals surface area contributed by atoms with Gasteiger partial charge in [-0.05, 0) is 55.2 Å². The van der Waals surface area contributed by atoms with Gasteiger partial charge in [0.25, 0.3) is 11.5 Å². The molecule has 0 unspecified atom stereocenters. The summed E-state index contributed by atoms with van der Waals surface area (Å²) >= 11 is 0. The van der Waals surface area contributed by atoms with Crippen LogP contribution in [0.25, 0.3) is 16.5 Å². The molecule has 1 aliphatic heterocycles. The average molecular weight is 500 g/mol. The Hall–Kier alpha value is -4.53. The van der Waals surface area contributed by atoms with E-state index in [2.05, 4.69) is 15.7 Å². The van der Waals surface area contributed by atoms with E-state index in [9.17, 15) is 18.8 Å². The standard InChI is InChI=1S/C28H26FN5O3/c29-20-9-6-10-21(16-20)31-28(37)30-17-19-8-7-15-33(18-19)27(36)25-23-13-4-5-14-24(23)26(35)34(32-25)22-11-2-1-3-12-22/h1-6,9-14,16,19H,7-8,15,17-18H2,(H2,30,31,37)/t19-/m0/s1. The lowest BCUT2D eigenvalue weighted by Gasteiger charge is -2.33. The van der Waals surface area contributed by atoms with Crippen molar-refractivity contribution in [3.05, 3.63) is 101 Å². The number of hydrogen-bond acceptors (Lipinski definition) is 4. The third kappa shape index (κ3) is 5.35. The summed E-state index contributed by atoms with van der Waals surface area (Å²) in [4.78, 5) is 40.8. The number of anilines is 1. The van der Waals surface area contributed by atoms with Crippen molar-refractivity contribution in [2.24, 2.45) is 5.92 Å². The fourth-order valence-corrected chi connectivity index (χ4v) is 4.64. The number of nitrogens with zero attached hydrogens (tertiary/aromatic N) is 3. The number of piperidine rings is 1. The summed E-state index contributed by atoms with van der Waals surface area (Å²) in [6, 6.07) is 21.3. The van der Waals surface area contributed by atoms with Crippen molar-refractivity contribution in [1.29, 1.82) is 0 Å². The van der Waals surface area contributed by atoms with E-state index < -0.39 is 11.8 Å². The Kier molecular flexibility index (Phi) is 6.93. The smallest absolute Gasteiger partial charge is 0.319 e.